The Kier molecular flexibility index (Phi) is 5.74. The highest BCUT2D eigenvalue weighted by atomic mass is 79.9. The Morgan fingerprint density at radius 1 is 1.44 bits per heavy atom. The van der Waals surface area contributed by atoms with Crippen molar-refractivity contribution in [3.63, 3.8) is 0 Å². The van der Waals surface area contributed by atoms with Crippen LogP contribution in [0.4, 0.5) is 0 Å². The van der Waals surface area contributed by atoms with Crippen molar-refractivity contribution >= 4 is 63.7 Å². The van der Waals surface area contributed by atoms with E-state index in [0.717, 1.165) is 11.8 Å². The molecule has 0 nitrogen and oxygen atoms in total. The summed E-state index contributed by atoms with van der Waals surface area (Å²) in [6.45, 7) is 2.12. The van der Waals surface area contributed by atoms with Crippen LogP contribution >= 0.6 is 63.7 Å². The van der Waals surface area contributed by atoms with Crippen molar-refractivity contribution in [2.24, 2.45) is 0 Å². The summed E-state index contributed by atoms with van der Waals surface area (Å²) < 4.78 is 0.0584. The number of rotatable bonds is 3. The highest BCUT2D eigenvalue weighted by Crippen LogP contribution is 2.34. The van der Waals surface area contributed by atoms with Crippen LogP contribution in [-0.4, -0.2) is 13.4 Å². The zero-order valence-electron chi connectivity index (χ0n) is 5.00. The second-order valence-electron chi connectivity index (χ2n) is 1.97. The lowest BCUT2D eigenvalue weighted by molar-refractivity contribution is 0.803. The molecule has 0 aliphatic carbocycles. The average Bonchev–Trinajstić information content (AvgIpc) is 1.63. The maximum Gasteiger partial charge on any atom is 0.0912 e. The monoisotopic (exact) mass is 384 g/mol. The van der Waals surface area contributed by atoms with Crippen LogP contribution in [0.5, 0.6) is 0 Å². The smallest absolute Gasteiger partial charge is 0.0904 e. The van der Waals surface area contributed by atoms with Gasteiger partial charge in [-0.2, -0.15) is 0 Å². The molecular formula is C5H8Br4. The topological polar surface area (TPSA) is 0 Å². The third kappa shape index (κ3) is 6.32. The molecule has 0 aromatic heterocycles. The summed E-state index contributed by atoms with van der Waals surface area (Å²) in [5.74, 6) is 0. The van der Waals surface area contributed by atoms with Gasteiger partial charge in [0.1, 0.15) is 0 Å². The van der Waals surface area contributed by atoms with Gasteiger partial charge in [0.15, 0.2) is 0 Å². The standard InChI is InChI=1S/C5H8Br4/c1-4(7)2-5(8,9)3-6/h4H,2-3H2,1H3. The predicted octanol–water partition coefficient (Wildman–Crippen LogP) is 4.04. The van der Waals surface area contributed by atoms with Crippen LogP contribution in [0.1, 0.15) is 13.3 Å². The van der Waals surface area contributed by atoms with E-state index in [-0.39, 0.29) is 3.23 Å². The summed E-state index contributed by atoms with van der Waals surface area (Å²) >= 11 is 13.9. The Bertz CT molecular complexity index is 79.0. The second-order valence-corrected chi connectivity index (χ2v) is 8.20. The second kappa shape index (κ2) is 4.73. The SMILES string of the molecule is CC(Br)CC(Br)(Br)CBr. The molecule has 1 atom stereocenters. The molecule has 0 amide bonds. The molecule has 1 unspecified atom stereocenters. The van der Waals surface area contributed by atoms with Gasteiger partial charge in [-0.3, -0.25) is 0 Å². The van der Waals surface area contributed by atoms with E-state index in [1.54, 1.807) is 0 Å². The van der Waals surface area contributed by atoms with Crippen molar-refractivity contribution in [2.45, 2.75) is 21.4 Å². The molecule has 4 heteroatoms. The first-order chi connectivity index (χ1) is 3.98. The number of alkyl halides is 4. The lowest BCUT2D eigenvalue weighted by Gasteiger charge is -2.17. The Morgan fingerprint density at radius 2 is 1.89 bits per heavy atom. The largest absolute Gasteiger partial charge is 0.0912 e. The van der Waals surface area contributed by atoms with E-state index in [2.05, 4.69) is 70.6 Å². The van der Waals surface area contributed by atoms with Gasteiger partial charge in [-0.15, -0.1) is 0 Å². The minimum Gasteiger partial charge on any atom is -0.0904 e. The molecule has 0 rings (SSSR count). The fourth-order valence-corrected chi connectivity index (χ4v) is 3.09. The van der Waals surface area contributed by atoms with Crippen molar-refractivity contribution in [1.29, 1.82) is 0 Å². The molecular weight excluding hydrogens is 380 g/mol. The summed E-state index contributed by atoms with van der Waals surface area (Å²) in [7, 11) is 0. The summed E-state index contributed by atoms with van der Waals surface area (Å²) in [4.78, 5) is 0.536. The Hall–Kier alpha value is 1.92. The summed E-state index contributed by atoms with van der Waals surface area (Å²) in [6.07, 6.45) is 1.05. The van der Waals surface area contributed by atoms with E-state index in [0.29, 0.717) is 4.83 Å². The van der Waals surface area contributed by atoms with Gasteiger partial charge >= 0.3 is 0 Å². The molecule has 0 spiro atoms. The van der Waals surface area contributed by atoms with Gasteiger partial charge in [-0.1, -0.05) is 70.6 Å². The molecule has 0 bridgehead atoms. The van der Waals surface area contributed by atoms with Gasteiger partial charge in [0.05, 0.1) is 3.23 Å². The fourth-order valence-electron chi connectivity index (χ4n) is 0.466. The molecule has 0 radical (unpaired) electrons. The zero-order chi connectivity index (χ0) is 7.49. The maximum atomic E-state index is 3.52. The van der Waals surface area contributed by atoms with Crippen LogP contribution in [-0.2, 0) is 0 Å². The highest BCUT2D eigenvalue weighted by Gasteiger charge is 2.22. The quantitative estimate of drug-likeness (QED) is 0.641. The van der Waals surface area contributed by atoms with Crippen LogP contribution < -0.4 is 0 Å². The van der Waals surface area contributed by atoms with Crippen molar-refractivity contribution in [1.82, 2.24) is 0 Å². The average molecular weight is 388 g/mol. The molecule has 0 aliphatic rings. The molecule has 0 aromatic carbocycles. The van der Waals surface area contributed by atoms with E-state index in [1.165, 1.54) is 0 Å². The number of halogens is 4. The lowest BCUT2D eigenvalue weighted by atomic mass is 10.3. The minimum atomic E-state index is 0.0584. The van der Waals surface area contributed by atoms with Crippen molar-refractivity contribution in [2.75, 3.05) is 5.33 Å². The minimum absolute atomic E-state index is 0.0584. The molecule has 0 aromatic rings. The van der Waals surface area contributed by atoms with Crippen LogP contribution in [0.25, 0.3) is 0 Å². The number of hydrogen-bond donors (Lipinski definition) is 0. The molecule has 0 fully saturated rings. The first-order valence-corrected chi connectivity index (χ1v) is 6.18. The molecule has 9 heavy (non-hydrogen) atoms. The molecule has 0 aliphatic heterocycles. The Morgan fingerprint density at radius 3 is 2.00 bits per heavy atom. The van der Waals surface area contributed by atoms with Crippen LogP contribution in [0.2, 0.25) is 0 Å². The first-order valence-electron chi connectivity index (χ1n) is 2.56. The fraction of sp³-hybridized carbons (Fsp3) is 1.00. The highest BCUT2D eigenvalue weighted by molar-refractivity contribution is 9.26. The molecule has 0 N–H and O–H groups in total. The number of hydrogen-bond acceptors (Lipinski definition) is 0. The Labute approximate surface area is 89.7 Å². The zero-order valence-corrected chi connectivity index (χ0v) is 11.3. The van der Waals surface area contributed by atoms with E-state index in [4.69, 9.17) is 0 Å². The van der Waals surface area contributed by atoms with Gasteiger partial charge in [-0.05, 0) is 6.42 Å². The van der Waals surface area contributed by atoms with E-state index in [1.807, 2.05) is 0 Å². The van der Waals surface area contributed by atoms with Gasteiger partial charge in [-0.25, -0.2) is 0 Å². The van der Waals surface area contributed by atoms with Crippen molar-refractivity contribution < 1.29 is 0 Å². The van der Waals surface area contributed by atoms with Crippen LogP contribution in [0, 0.1) is 0 Å². The first kappa shape index (κ1) is 10.9. The molecule has 0 saturated carbocycles. The molecule has 0 saturated heterocycles. The Balaban J connectivity index is 3.58. The van der Waals surface area contributed by atoms with Gasteiger partial charge < -0.3 is 0 Å². The van der Waals surface area contributed by atoms with Crippen LogP contribution in [0.3, 0.4) is 0 Å². The third-order valence-electron chi connectivity index (χ3n) is 0.775. The molecule has 56 valence electrons. The maximum absolute atomic E-state index is 3.52. The van der Waals surface area contributed by atoms with E-state index >= 15 is 0 Å². The lowest BCUT2D eigenvalue weighted by Crippen LogP contribution is -2.16. The third-order valence-corrected chi connectivity index (χ3v) is 4.77. The van der Waals surface area contributed by atoms with Gasteiger partial charge in [0.25, 0.3) is 0 Å². The summed E-state index contributed by atoms with van der Waals surface area (Å²) in [5.41, 5.74) is 0. The summed E-state index contributed by atoms with van der Waals surface area (Å²) in [5, 5.41) is 0.913. The van der Waals surface area contributed by atoms with Gasteiger partial charge in [0.2, 0.25) is 0 Å². The summed E-state index contributed by atoms with van der Waals surface area (Å²) in [6, 6.07) is 0. The van der Waals surface area contributed by atoms with Crippen molar-refractivity contribution in [3.05, 3.63) is 0 Å². The van der Waals surface area contributed by atoms with Gasteiger partial charge in [0, 0.05) is 10.2 Å². The van der Waals surface area contributed by atoms with Crippen LogP contribution in [0.15, 0.2) is 0 Å². The van der Waals surface area contributed by atoms with E-state index < -0.39 is 0 Å². The van der Waals surface area contributed by atoms with Crippen molar-refractivity contribution in [3.8, 4) is 0 Å². The van der Waals surface area contributed by atoms with E-state index in [9.17, 15) is 0 Å². The normalized spacial score (nSPS) is 15.7. The predicted molar refractivity (Wildman–Crippen MR) is 57.4 cm³/mol. The molecule has 0 heterocycles.